The standard InChI is InChI=1S/C33H37N9O3/c1-6-41-18-22(16-35-41)24-17-34-33(36-26-14-28(42(43)44)27(15-29(26)45-5)39(4)11-10-38(2)3)37-31(24)25-19-40-9-7-8-20-12-21-13-23(21)30(25)32(20)40/h12-19,21H,6-11H2,1-5H3,(H,34,36,37)/t21-/m1/s1. The summed E-state index contributed by atoms with van der Waals surface area (Å²) in [6.07, 6.45) is 14.8. The van der Waals surface area contributed by atoms with E-state index >= 15 is 0 Å². The first kappa shape index (κ1) is 28.8. The summed E-state index contributed by atoms with van der Waals surface area (Å²) >= 11 is 0. The third kappa shape index (κ3) is 5.14. The van der Waals surface area contributed by atoms with Crippen molar-refractivity contribution in [3.8, 4) is 28.1 Å². The van der Waals surface area contributed by atoms with Crippen LogP contribution in [-0.2, 0) is 13.1 Å². The van der Waals surface area contributed by atoms with Crippen LogP contribution in [0.4, 0.5) is 23.0 Å². The van der Waals surface area contributed by atoms with Crippen LogP contribution in [0.2, 0.25) is 0 Å². The summed E-state index contributed by atoms with van der Waals surface area (Å²) in [4.78, 5) is 25.5. The SMILES string of the molecule is CCn1cc(-c2cnc(Nc3cc([N+](=O)[O-])c(N(C)CCN(C)C)cc3OC)nc2-c2cn3c4c2C2=C[C@H]2C=C4CCC3)cn1. The van der Waals surface area contributed by atoms with Crippen LogP contribution in [0.5, 0.6) is 5.75 Å². The number of rotatable bonds is 11. The van der Waals surface area contributed by atoms with Crippen molar-refractivity contribution in [2.24, 2.45) is 5.92 Å². The third-order valence-corrected chi connectivity index (χ3v) is 8.85. The van der Waals surface area contributed by atoms with Gasteiger partial charge in [-0.1, -0.05) is 12.2 Å². The number of aromatic nitrogens is 5. The lowest BCUT2D eigenvalue weighted by atomic mass is 9.89. The Morgan fingerprint density at radius 1 is 1.13 bits per heavy atom. The zero-order valence-electron chi connectivity index (χ0n) is 26.2. The molecule has 232 valence electrons. The number of nitrogens with zero attached hydrogens (tertiary/aromatic N) is 8. The molecule has 12 heteroatoms. The molecule has 2 aliphatic carbocycles. The van der Waals surface area contributed by atoms with Gasteiger partial charge in [0.1, 0.15) is 11.4 Å². The lowest BCUT2D eigenvalue weighted by molar-refractivity contribution is -0.384. The Morgan fingerprint density at radius 2 is 1.98 bits per heavy atom. The van der Waals surface area contributed by atoms with E-state index in [4.69, 9.17) is 14.7 Å². The number of likely N-dealkylation sites (N-methyl/N-ethyl adjacent to an activating group) is 2. The van der Waals surface area contributed by atoms with Crippen molar-refractivity contribution in [1.29, 1.82) is 0 Å². The first-order valence-corrected chi connectivity index (χ1v) is 15.3. The lowest BCUT2D eigenvalue weighted by Crippen LogP contribution is -2.28. The maximum Gasteiger partial charge on any atom is 0.294 e. The Labute approximate surface area is 261 Å². The number of methoxy groups -OCH3 is 1. The second-order valence-corrected chi connectivity index (χ2v) is 12.1. The summed E-state index contributed by atoms with van der Waals surface area (Å²) in [5.74, 6) is 1.17. The molecule has 0 radical (unpaired) electrons. The summed E-state index contributed by atoms with van der Waals surface area (Å²) in [5.41, 5.74) is 9.83. The van der Waals surface area contributed by atoms with Gasteiger partial charge in [-0.05, 0) is 45.0 Å². The van der Waals surface area contributed by atoms with Crippen LogP contribution in [0.15, 0.2) is 49.1 Å². The molecule has 0 unspecified atom stereocenters. The van der Waals surface area contributed by atoms with Crippen molar-refractivity contribution in [3.63, 3.8) is 0 Å². The Balaban J connectivity index is 1.33. The van der Waals surface area contributed by atoms with Crippen molar-refractivity contribution in [2.45, 2.75) is 32.9 Å². The second-order valence-electron chi connectivity index (χ2n) is 12.1. The maximum absolute atomic E-state index is 12.2. The van der Waals surface area contributed by atoms with Gasteiger partial charge in [0.25, 0.3) is 5.69 Å². The first-order valence-electron chi connectivity index (χ1n) is 15.3. The number of nitro groups is 1. The van der Waals surface area contributed by atoms with Gasteiger partial charge in [-0.25, -0.2) is 9.97 Å². The number of benzene rings is 1. The van der Waals surface area contributed by atoms with Crippen LogP contribution in [0.25, 0.3) is 33.5 Å². The molecule has 7 rings (SSSR count). The average molecular weight is 608 g/mol. The van der Waals surface area contributed by atoms with Gasteiger partial charge in [0, 0.05) is 92.1 Å². The van der Waals surface area contributed by atoms with E-state index in [1.54, 1.807) is 13.2 Å². The number of hydrogen-bond acceptors (Lipinski definition) is 9. The number of fused-ring (bicyclic) bond motifs is 2. The van der Waals surface area contributed by atoms with E-state index in [0.717, 1.165) is 54.9 Å². The van der Waals surface area contributed by atoms with Crippen LogP contribution in [0, 0.1) is 16.0 Å². The summed E-state index contributed by atoms with van der Waals surface area (Å²) in [5, 5.41) is 20.0. The van der Waals surface area contributed by atoms with E-state index < -0.39 is 0 Å². The van der Waals surface area contributed by atoms with E-state index in [1.165, 1.54) is 28.5 Å². The number of nitrogens with one attached hydrogen (secondary N) is 1. The van der Waals surface area contributed by atoms with Gasteiger partial charge in [0.2, 0.25) is 5.95 Å². The minimum absolute atomic E-state index is 0.0288. The van der Waals surface area contributed by atoms with Gasteiger partial charge in [-0.2, -0.15) is 5.10 Å². The number of ether oxygens (including phenoxy) is 1. The smallest absolute Gasteiger partial charge is 0.294 e. The summed E-state index contributed by atoms with van der Waals surface area (Å²) < 4.78 is 9.97. The minimum Gasteiger partial charge on any atom is -0.494 e. The van der Waals surface area contributed by atoms with Gasteiger partial charge in [-0.3, -0.25) is 14.8 Å². The summed E-state index contributed by atoms with van der Waals surface area (Å²) in [7, 11) is 7.34. The Hall–Kier alpha value is -4.97. The molecule has 0 bridgehead atoms. The van der Waals surface area contributed by atoms with E-state index in [-0.39, 0.29) is 10.6 Å². The third-order valence-electron chi connectivity index (χ3n) is 8.85. The molecule has 1 atom stereocenters. The maximum atomic E-state index is 12.2. The predicted molar refractivity (Wildman–Crippen MR) is 176 cm³/mol. The van der Waals surface area contributed by atoms with E-state index in [9.17, 15) is 10.1 Å². The Kier molecular flexibility index (Phi) is 7.16. The molecule has 45 heavy (non-hydrogen) atoms. The fourth-order valence-corrected chi connectivity index (χ4v) is 6.42. The molecule has 3 aromatic heterocycles. The molecule has 0 spiro atoms. The molecule has 1 aliphatic heterocycles. The van der Waals surface area contributed by atoms with Gasteiger partial charge >= 0.3 is 0 Å². The number of allylic oxidation sites excluding steroid dienone is 4. The molecular weight excluding hydrogens is 570 g/mol. The van der Waals surface area contributed by atoms with Gasteiger partial charge in [0.15, 0.2) is 0 Å². The van der Waals surface area contributed by atoms with Crippen molar-refractivity contribution in [1.82, 2.24) is 29.2 Å². The van der Waals surface area contributed by atoms with Crippen LogP contribution in [-0.4, -0.2) is 75.5 Å². The number of hydrogen-bond donors (Lipinski definition) is 1. The molecule has 3 aliphatic rings. The highest BCUT2D eigenvalue weighted by molar-refractivity contribution is 6.01. The number of nitro benzene ring substituents is 1. The molecule has 0 saturated carbocycles. The second kappa shape index (κ2) is 11.2. The number of aryl methyl sites for hydroxylation is 2. The van der Waals surface area contributed by atoms with Crippen LogP contribution >= 0.6 is 0 Å². The monoisotopic (exact) mass is 607 g/mol. The normalized spacial score (nSPS) is 16.1. The fourth-order valence-electron chi connectivity index (χ4n) is 6.42. The zero-order valence-corrected chi connectivity index (χ0v) is 26.2. The van der Waals surface area contributed by atoms with E-state index in [0.29, 0.717) is 35.5 Å². The van der Waals surface area contributed by atoms with Crippen molar-refractivity contribution >= 4 is 34.2 Å². The van der Waals surface area contributed by atoms with Crippen molar-refractivity contribution < 1.29 is 9.66 Å². The Bertz CT molecular complexity index is 1880. The lowest BCUT2D eigenvalue weighted by Gasteiger charge is -2.23. The topological polar surface area (TPSA) is 119 Å². The zero-order chi connectivity index (χ0) is 31.4. The molecular formula is C33H37N9O3. The Morgan fingerprint density at radius 3 is 2.71 bits per heavy atom. The molecule has 4 aromatic rings. The molecule has 0 saturated heterocycles. The van der Waals surface area contributed by atoms with Gasteiger partial charge in [0.05, 0.1) is 35.3 Å². The number of anilines is 3. The van der Waals surface area contributed by atoms with Crippen LogP contribution in [0.1, 0.15) is 31.0 Å². The van der Waals surface area contributed by atoms with E-state index in [2.05, 4.69) is 40.3 Å². The first-order chi connectivity index (χ1) is 21.7. The van der Waals surface area contributed by atoms with Crippen molar-refractivity contribution in [3.05, 3.63) is 70.4 Å². The van der Waals surface area contributed by atoms with Gasteiger partial charge in [-0.15, -0.1) is 0 Å². The van der Waals surface area contributed by atoms with Gasteiger partial charge < -0.3 is 24.4 Å². The largest absolute Gasteiger partial charge is 0.494 e. The molecule has 4 heterocycles. The quantitative estimate of drug-likeness (QED) is 0.169. The molecule has 1 N–H and O–H groups in total. The fraction of sp³-hybridized carbons (Fsp3) is 0.364. The molecule has 12 nitrogen and oxygen atoms in total. The minimum atomic E-state index is -0.367. The highest BCUT2D eigenvalue weighted by atomic mass is 16.6. The molecule has 0 fully saturated rings. The predicted octanol–water partition coefficient (Wildman–Crippen LogP) is 5.69. The van der Waals surface area contributed by atoms with Crippen LogP contribution < -0.4 is 15.0 Å². The highest BCUT2D eigenvalue weighted by Crippen LogP contribution is 2.54. The summed E-state index contributed by atoms with van der Waals surface area (Å²) in [6.45, 7) is 5.13. The average Bonchev–Trinajstić information content (AvgIpc) is 3.46. The molecule has 1 aromatic carbocycles. The molecule has 0 amide bonds. The highest BCUT2D eigenvalue weighted by Gasteiger charge is 2.38. The van der Waals surface area contributed by atoms with Crippen molar-refractivity contribution in [2.75, 3.05) is 51.6 Å². The summed E-state index contributed by atoms with van der Waals surface area (Å²) in [6, 6.07) is 3.20. The van der Waals surface area contributed by atoms with E-state index in [1.807, 2.05) is 54.2 Å². The van der Waals surface area contributed by atoms with Crippen LogP contribution in [0.3, 0.4) is 0 Å².